The van der Waals surface area contributed by atoms with Crippen molar-refractivity contribution in [2.75, 3.05) is 41.3 Å². The van der Waals surface area contributed by atoms with Crippen LogP contribution in [0.3, 0.4) is 0 Å². The molecule has 0 bridgehead atoms. The minimum atomic E-state index is -0.180. The van der Waals surface area contributed by atoms with E-state index in [1.165, 1.54) is 5.69 Å². The van der Waals surface area contributed by atoms with E-state index >= 15 is 0 Å². The van der Waals surface area contributed by atoms with Gasteiger partial charge in [0.25, 0.3) is 0 Å². The molecule has 5 heterocycles. The number of carbonyl (C=O) groups is 1. The summed E-state index contributed by atoms with van der Waals surface area (Å²) in [5.74, 6) is 0.754. The topological polar surface area (TPSA) is 91.2 Å². The Morgan fingerprint density at radius 3 is 3.03 bits per heavy atom. The number of pyridine rings is 2. The van der Waals surface area contributed by atoms with Crippen molar-refractivity contribution < 1.29 is 4.79 Å². The van der Waals surface area contributed by atoms with Gasteiger partial charge in [0.05, 0.1) is 11.4 Å². The first-order valence-corrected chi connectivity index (χ1v) is 10.4. The van der Waals surface area contributed by atoms with E-state index in [1.807, 2.05) is 26.2 Å². The third-order valence-corrected chi connectivity index (χ3v) is 5.85. The number of hydrogen-bond acceptors (Lipinski definition) is 6. The summed E-state index contributed by atoms with van der Waals surface area (Å²) in [4.78, 5) is 26.3. The maximum atomic E-state index is 13.1. The van der Waals surface area contributed by atoms with Crippen molar-refractivity contribution in [1.82, 2.24) is 25.1 Å². The van der Waals surface area contributed by atoms with Crippen molar-refractivity contribution in [3.05, 3.63) is 35.8 Å². The van der Waals surface area contributed by atoms with Gasteiger partial charge in [0.15, 0.2) is 5.65 Å². The Labute approximate surface area is 175 Å². The summed E-state index contributed by atoms with van der Waals surface area (Å²) in [6, 6.07) is 4.26. The third-order valence-electron chi connectivity index (χ3n) is 5.85. The van der Waals surface area contributed by atoms with Crippen LogP contribution in [0.15, 0.2) is 24.5 Å². The van der Waals surface area contributed by atoms with Crippen molar-refractivity contribution >= 4 is 34.3 Å². The molecule has 1 saturated heterocycles. The highest BCUT2D eigenvalue weighted by molar-refractivity contribution is 6.04. The molecule has 3 aromatic heterocycles. The number of nitrogens with one attached hydrogen (secondary N) is 2. The number of amides is 2. The van der Waals surface area contributed by atoms with Gasteiger partial charge in [-0.3, -0.25) is 9.58 Å². The Kier molecular flexibility index (Phi) is 4.54. The zero-order valence-corrected chi connectivity index (χ0v) is 17.5. The number of hydrogen-bond donors (Lipinski definition) is 2. The molecule has 5 rings (SSSR count). The summed E-state index contributed by atoms with van der Waals surface area (Å²) < 4.78 is 1.72. The molecule has 9 heteroatoms. The second kappa shape index (κ2) is 7.24. The number of nitrogens with zero attached hydrogens (tertiary/aromatic N) is 6. The van der Waals surface area contributed by atoms with Crippen LogP contribution in [-0.4, -0.2) is 58.0 Å². The Bertz CT molecular complexity index is 1120. The molecule has 0 saturated carbocycles. The molecule has 1 atom stereocenters. The predicted octanol–water partition coefficient (Wildman–Crippen LogP) is 2.06. The average molecular weight is 406 g/mol. The van der Waals surface area contributed by atoms with Gasteiger partial charge in [-0.25, -0.2) is 14.8 Å². The molecule has 9 nitrogen and oxygen atoms in total. The molecule has 0 aromatic carbocycles. The number of anilines is 3. The van der Waals surface area contributed by atoms with Crippen molar-refractivity contribution in [2.45, 2.75) is 26.3 Å². The lowest BCUT2D eigenvalue weighted by molar-refractivity contribution is 0.257. The van der Waals surface area contributed by atoms with Crippen LogP contribution in [-0.2, 0) is 13.5 Å². The van der Waals surface area contributed by atoms with Crippen LogP contribution >= 0.6 is 0 Å². The van der Waals surface area contributed by atoms with Gasteiger partial charge in [0.1, 0.15) is 5.82 Å². The Balaban J connectivity index is 1.40. The van der Waals surface area contributed by atoms with Gasteiger partial charge < -0.3 is 15.5 Å². The normalized spacial score (nSPS) is 18.7. The maximum Gasteiger partial charge on any atom is 0.327 e. The molecule has 0 spiro atoms. The van der Waals surface area contributed by atoms with Crippen molar-refractivity contribution in [3.63, 3.8) is 0 Å². The van der Waals surface area contributed by atoms with E-state index in [1.54, 1.807) is 15.8 Å². The Morgan fingerprint density at radius 1 is 1.33 bits per heavy atom. The molecule has 0 aliphatic carbocycles. The van der Waals surface area contributed by atoms with Crippen LogP contribution in [0.2, 0.25) is 0 Å². The molecule has 2 aliphatic rings. The molecule has 30 heavy (non-hydrogen) atoms. The SMILES string of the molecule is Cc1nc2nn(C)cc2cc1NC(=O)N1CCc2c(N3CCN[C@@H](C)C3)ccnc21. The number of carbonyl (C=O) groups excluding carboxylic acids is 1. The van der Waals surface area contributed by atoms with Gasteiger partial charge in [0.2, 0.25) is 0 Å². The van der Waals surface area contributed by atoms with Gasteiger partial charge >= 0.3 is 6.03 Å². The molecular weight excluding hydrogens is 380 g/mol. The number of aryl methyl sites for hydroxylation is 2. The molecule has 2 N–H and O–H groups in total. The molecule has 2 aliphatic heterocycles. The van der Waals surface area contributed by atoms with E-state index in [4.69, 9.17) is 0 Å². The summed E-state index contributed by atoms with van der Waals surface area (Å²) in [5.41, 5.74) is 4.46. The molecule has 156 valence electrons. The van der Waals surface area contributed by atoms with Gasteiger partial charge in [-0.05, 0) is 32.4 Å². The molecule has 0 unspecified atom stereocenters. The number of fused-ring (bicyclic) bond motifs is 2. The smallest absolute Gasteiger partial charge is 0.327 e. The number of urea groups is 1. The quantitative estimate of drug-likeness (QED) is 0.677. The first-order chi connectivity index (χ1) is 14.5. The molecular formula is C21H26N8O. The highest BCUT2D eigenvalue weighted by Crippen LogP contribution is 2.34. The van der Waals surface area contributed by atoms with E-state index in [0.717, 1.165) is 48.5 Å². The summed E-state index contributed by atoms with van der Waals surface area (Å²) in [5, 5.41) is 11.7. The van der Waals surface area contributed by atoms with Crippen LogP contribution in [0.25, 0.3) is 11.0 Å². The largest absolute Gasteiger partial charge is 0.368 e. The number of aromatic nitrogens is 4. The van der Waals surface area contributed by atoms with E-state index in [9.17, 15) is 4.79 Å². The van der Waals surface area contributed by atoms with Crippen molar-refractivity contribution in [2.24, 2.45) is 7.05 Å². The highest BCUT2D eigenvalue weighted by Gasteiger charge is 2.30. The second-order valence-corrected chi connectivity index (χ2v) is 8.10. The standard InChI is InChI=1S/C21H26N8O/c1-13-11-28(9-7-22-13)18-4-6-23-20-16(18)5-8-29(20)21(30)25-17-10-15-12-27(3)26-19(15)24-14(17)2/h4,6,10,12-13,22H,5,7-9,11H2,1-3H3,(H,25,30)/t13-/m0/s1. The van der Waals surface area contributed by atoms with Crippen LogP contribution < -0.4 is 20.4 Å². The van der Waals surface area contributed by atoms with E-state index in [2.05, 4.69) is 43.6 Å². The fourth-order valence-corrected chi connectivity index (χ4v) is 4.39. The predicted molar refractivity (Wildman–Crippen MR) is 117 cm³/mol. The van der Waals surface area contributed by atoms with Crippen molar-refractivity contribution in [1.29, 1.82) is 0 Å². The average Bonchev–Trinajstić information content (AvgIpc) is 3.30. The number of piperazine rings is 1. The zero-order chi connectivity index (χ0) is 20.8. The van der Waals surface area contributed by atoms with Gasteiger partial charge in [-0.1, -0.05) is 0 Å². The Morgan fingerprint density at radius 2 is 2.20 bits per heavy atom. The third kappa shape index (κ3) is 3.24. The fourth-order valence-electron chi connectivity index (χ4n) is 4.39. The van der Waals surface area contributed by atoms with Crippen LogP contribution in [0.1, 0.15) is 18.2 Å². The van der Waals surface area contributed by atoms with E-state index in [0.29, 0.717) is 23.9 Å². The summed E-state index contributed by atoms with van der Waals surface area (Å²) >= 11 is 0. The maximum absolute atomic E-state index is 13.1. The molecule has 1 fully saturated rings. The minimum absolute atomic E-state index is 0.180. The molecule has 2 amide bonds. The lowest BCUT2D eigenvalue weighted by Crippen LogP contribution is -2.49. The second-order valence-electron chi connectivity index (χ2n) is 8.10. The van der Waals surface area contributed by atoms with Crippen LogP contribution in [0.4, 0.5) is 22.0 Å². The van der Waals surface area contributed by atoms with E-state index < -0.39 is 0 Å². The van der Waals surface area contributed by atoms with Gasteiger partial charge in [0, 0.05) is 68.3 Å². The lowest BCUT2D eigenvalue weighted by atomic mass is 10.1. The van der Waals surface area contributed by atoms with Gasteiger partial charge in [-0.15, -0.1) is 0 Å². The minimum Gasteiger partial charge on any atom is -0.368 e. The van der Waals surface area contributed by atoms with Crippen molar-refractivity contribution in [3.8, 4) is 0 Å². The van der Waals surface area contributed by atoms with Gasteiger partial charge in [-0.2, -0.15) is 5.10 Å². The van der Waals surface area contributed by atoms with Crippen LogP contribution in [0.5, 0.6) is 0 Å². The first-order valence-electron chi connectivity index (χ1n) is 10.4. The summed E-state index contributed by atoms with van der Waals surface area (Å²) in [6.45, 7) is 7.58. The zero-order valence-electron chi connectivity index (χ0n) is 17.5. The lowest BCUT2D eigenvalue weighted by Gasteiger charge is -2.34. The van der Waals surface area contributed by atoms with Crippen LogP contribution in [0, 0.1) is 6.92 Å². The monoisotopic (exact) mass is 406 g/mol. The summed E-state index contributed by atoms with van der Waals surface area (Å²) in [7, 11) is 1.86. The molecule has 0 radical (unpaired) electrons. The Hall–Kier alpha value is -3.20. The number of rotatable bonds is 2. The first kappa shape index (κ1) is 18.8. The molecule has 3 aromatic rings. The summed E-state index contributed by atoms with van der Waals surface area (Å²) in [6.07, 6.45) is 4.51. The highest BCUT2D eigenvalue weighted by atomic mass is 16.2. The fraction of sp³-hybridized carbons (Fsp3) is 0.429. The van der Waals surface area contributed by atoms with E-state index in [-0.39, 0.29) is 6.03 Å².